The van der Waals surface area contributed by atoms with Crippen LogP contribution in [0.5, 0.6) is 0 Å². The molecule has 0 spiro atoms. The van der Waals surface area contributed by atoms with Crippen molar-refractivity contribution >= 4 is 0 Å². The molecule has 1 aliphatic carbocycles. The number of hydrogen-bond donors (Lipinski definition) is 1. The van der Waals surface area contributed by atoms with Crippen LogP contribution >= 0.6 is 0 Å². The van der Waals surface area contributed by atoms with E-state index in [0.717, 1.165) is 32.7 Å². The van der Waals surface area contributed by atoms with Gasteiger partial charge in [-0.15, -0.1) is 0 Å². The highest BCUT2D eigenvalue weighted by Crippen LogP contribution is 2.24. The molecule has 3 nitrogen and oxygen atoms in total. The van der Waals surface area contributed by atoms with E-state index >= 15 is 0 Å². The second-order valence-electron chi connectivity index (χ2n) is 6.08. The van der Waals surface area contributed by atoms with Crippen LogP contribution in [-0.4, -0.2) is 49.1 Å². The first-order valence-corrected chi connectivity index (χ1v) is 7.49. The summed E-state index contributed by atoms with van der Waals surface area (Å²) in [7, 11) is 2.19. The standard InChI is InChI=1S/C16H25N3/c1-18-7-8-19(16(10-17)12-18)11-13-5-6-14-3-2-4-15(14)9-13/h5-6,9,16H,2-4,7-8,10-12,17H2,1H3. The van der Waals surface area contributed by atoms with Gasteiger partial charge in [0, 0.05) is 38.8 Å². The zero-order chi connectivity index (χ0) is 13.2. The zero-order valence-corrected chi connectivity index (χ0v) is 11.9. The van der Waals surface area contributed by atoms with Gasteiger partial charge in [-0.3, -0.25) is 4.90 Å². The third-order valence-electron chi connectivity index (χ3n) is 4.63. The Morgan fingerprint density at radius 1 is 1.21 bits per heavy atom. The number of fused-ring (bicyclic) bond motifs is 1. The predicted molar refractivity (Wildman–Crippen MR) is 79.2 cm³/mol. The highest BCUT2D eigenvalue weighted by molar-refractivity contribution is 5.35. The molecule has 1 atom stereocenters. The molecule has 0 aromatic heterocycles. The van der Waals surface area contributed by atoms with Gasteiger partial charge in [-0.1, -0.05) is 18.2 Å². The minimum absolute atomic E-state index is 0.506. The Morgan fingerprint density at radius 3 is 2.89 bits per heavy atom. The van der Waals surface area contributed by atoms with E-state index in [9.17, 15) is 0 Å². The molecule has 1 saturated heterocycles. The second kappa shape index (κ2) is 5.61. The maximum absolute atomic E-state index is 5.93. The fourth-order valence-corrected chi connectivity index (χ4v) is 3.44. The fourth-order valence-electron chi connectivity index (χ4n) is 3.44. The molecule has 1 aliphatic heterocycles. The zero-order valence-electron chi connectivity index (χ0n) is 11.9. The second-order valence-corrected chi connectivity index (χ2v) is 6.08. The van der Waals surface area contributed by atoms with Crippen molar-refractivity contribution in [3.63, 3.8) is 0 Å². The first kappa shape index (κ1) is 13.1. The number of nitrogens with two attached hydrogens (primary N) is 1. The van der Waals surface area contributed by atoms with Crippen molar-refractivity contribution in [2.45, 2.75) is 31.8 Å². The van der Waals surface area contributed by atoms with Gasteiger partial charge in [0.2, 0.25) is 0 Å². The van der Waals surface area contributed by atoms with Crippen molar-refractivity contribution in [1.29, 1.82) is 0 Å². The van der Waals surface area contributed by atoms with E-state index in [-0.39, 0.29) is 0 Å². The lowest BCUT2D eigenvalue weighted by Gasteiger charge is -2.39. The van der Waals surface area contributed by atoms with E-state index in [2.05, 4.69) is 35.0 Å². The molecule has 1 aromatic rings. The lowest BCUT2D eigenvalue weighted by atomic mass is 10.0. The molecule has 3 heteroatoms. The molecule has 1 aromatic carbocycles. The van der Waals surface area contributed by atoms with Crippen LogP contribution in [0.3, 0.4) is 0 Å². The van der Waals surface area contributed by atoms with Crippen molar-refractivity contribution in [3.8, 4) is 0 Å². The predicted octanol–water partition coefficient (Wildman–Crippen LogP) is 1.25. The van der Waals surface area contributed by atoms with Crippen LogP contribution in [0.15, 0.2) is 18.2 Å². The first-order chi connectivity index (χ1) is 9.26. The number of rotatable bonds is 3. The molecule has 1 unspecified atom stereocenters. The van der Waals surface area contributed by atoms with Crippen LogP contribution < -0.4 is 5.73 Å². The summed E-state index contributed by atoms with van der Waals surface area (Å²) in [5.74, 6) is 0. The molecule has 104 valence electrons. The molecule has 2 aliphatic rings. The Balaban J connectivity index is 1.70. The van der Waals surface area contributed by atoms with E-state index in [1.807, 2.05) is 0 Å². The lowest BCUT2D eigenvalue weighted by molar-refractivity contribution is 0.0881. The summed E-state index contributed by atoms with van der Waals surface area (Å²) in [5, 5.41) is 0. The van der Waals surface area contributed by atoms with Crippen LogP contribution in [0.1, 0.15) is 23.1 Å². The summed E-state index contributed by atoms with van der Waals surface area (Å²) >= 11 is 0. The molecule has 1 heterocycles. The number of nitrogens with zero attached hydrogens (tertiary/aromatic N) is 2. The van der Waals surface area contributed by atoms with E-state index in [1.54, 1.807) is 11.1 Å². The van der Waals surface area contributed by atoms with Crippen LogP contribution in [0.4, 0.5) is 0 Å². The Kier molecular flexibility index (Phi) is 3.87. The molecule has 2 N–H and O–H groups in total. The molecular formula is C16H25N3. The maximum Gasteiger partial charge on any atom is 0.0349 e. The van der Waals surface area contributed by atoms with E-state index in [1.165, 1.54) is 24.8 Å². The average Bonchev–Trinajstić information content (AvgIpc) is 2.88. The summed E-state index contributed by atoms with van der Waals surface area (Å²) in [6.07, 6.45) is 3.88. The highest BCUT2D eigenvalue weighted by atomic mass is 15.3. The summed E-state index contributed by atoms with van der Waals surface area (Å²) in [5.41, 5.74) is 10.5. The van der Waals surface area contributed by atoms with Gasteiger partial charge in [0.15, 0.2) is 0 Å². The molecular weight excluding hydrogens is 234 g/mol. The number of benzene rings is 1. The van der Waals surface area contributed by atoms with Crippen LogP contribution in [0.25, 0.3) is 0 Å². The SMILES string of the molecule is CN1CCN(Cc2ccc3c(c2)CCC3)C(CN)C1. The largest absolute Gasteiger partial charge is 0.329 e. The molecule has 0 saturated carbocycles. The molecule has 1 fully saturated rings. The minimum atomic E-state index is 0.506. The molecule has 0 bridgehead atoms. The Hall–Kier alpha value is -0.900. The Morgan fingerprint density at radius 2 is 2.05 bits per heavy atom. The van der Waals surface area contributed by atoms with Gasteiger partial charge in [-0.25, -0.2) is 0 Å². The summed E-state index contributed by atoms with van der Waals surface area (Å²) in [6.45, 7) is 5.20. The van der Waals surface area contributed by atoms with Gasteiger partial charge in [0.1, 0.15) is 0 Å². The molecule has 0 radical (unpaired) electrons. The molecule has 0 amide bonds. The average molecular weight is 259 g/mol. The fraction of sp³-hybridized carbons (Fsp3) is 0.625. The van der Waals surface area contributed by atoms with Crippen molar-refractivity contribution in [2.75, 3.05) is 33.2 Å². The normalized spacial score (nSPS) is 24.6. The van der Waals surface area contributed by atoms with Crippen molar-refractivity contribution in [1.82, 2.24) is 9.80 Å². The van der Waals surface area contributed by atoms with Gasteiger partial charge >= 0.3 is 0 Å². The summed E-state index contributed by atoms with van der Waals surface area (Å²) in [4.78, 5) is 4.94. The lowest BCUT2D eigenvalue weighted by Crippen LogP contribution is -2.54. The number of aryl methyl sites for hydroxylation is 2. The number of hydrogen-bond acceptors (Lipinski definition) is 3. The number of likely N-dealkylation sites (N-methyl/N-ethyl adjacent to an activating group) is 1. The Bertz CT molecular complexity index is 444. The molecule has 3 rings (SSSR count). The summed E-state index contributed by atoms with van der Waals surface area (Å²) < 4.78 is 0. The van der Waals surface area contributed by atoms with Crippen LogP contribution in [0, 0.1) is 0 Å². The van der Waals surface area contributed by atoms with Crippen molar-refractivity contribution in [2.24, 2.45) is 5.73 Å². The monoisotopic (exact) mass is 259 g/mol. The Labute approximate surface area is 116 Å². The van der Waals surface area contributed by atoms with E-state index < -0.39 is 0 Å². The third kappa shape index (κ3) is 2.83. The van der Waals surface area contributed by atoms with Crippen molar-refractivity contribution < 1.29 is 0 Å². The highest BCUT2D eigenvalue weighted by Gasteiger charge is 2.24. The quantitative estimate of drug-likeness (QED) is 0.887. The third-order valence-corrected chi connectivity index (χ3v) is 4.63. The van der Waals surface area contributed by atoms with Gasteiger partial charge in [0.25, 0.3) is 0 Å². The van der Waals surface area contributed by atoms with E-state index in [0.29, 0.717) is 6.04 Å². The van der Waals surface area contributed by atoms with Crippen LogP contribution in [0.2, 0.25) is 0 Å². The van der Waals surface area contributed by atoms with Crippen LogP contribution in [-0.2, 0) is 19.4 Å². The van der Waals surface area contributed by atoms with Gasteiger partial charge in [-0.2, -0.15) is 0 Å². The number of piperazine rings is 1. The first-order valence-electron chi connectivity index (χ1n) is 7.49. The summed E-state index contributed by atoms with van der Waals surface area (Å²) in [6, 6.07) is 7.59. The smallest absolute Gasteiger partial charge is 0.0349 e. The molecule has 19 heavy (non-hydrogen) atoms. The minimum Gasteiger partial charge on any atom is -0.329 e. The van der Waals surface area contributed by atoms with Gasteiger partial charge in [-0.05, 0) is 43.0 Å². The van der Waals surface area contributed by atoms with Gasteiger partial charge in [0.05, 0.1) is 0 Å². The maximum atomic E-state index is 5.93. The topological polar surface area (TPSA) is 32.5 Å². The van der Waals surface area contributed by atoms with E-state index in [4.69, 9.17) is 5.73 Å². The van der Waals surface area contributed by atoms with Crippen molar-refractivity contribution in [3.05, 3.63) is 34.9 Å². The van der Waals surface area contributed by atoms with Gasteiger partial charge < -0.3 is 10.6 Å².